The van der Waals surface area contributed by atoms with Gasteiger partial charge < -0.3 is 10.4 Å². The highest BCUT2D eigenvalue weighted by molar-refractivity contribution is 5.52. The largest absolute Gasteiger partial charge is 0.389 e. The number of hydrogen-bond acceptors (Lipinski definition) is 2. The first-order valence-corrected chi connectivity index (χ1v) is 7.28. The van der Waals surface area contributed by atoms with Crippen molar-refractivity contribution in [1.29, 1.82) is 0 Å². The number of nitrogens with one attached hydrogen (secondary N) is 1. The lowest BCUT2D eigenvalue weighted by Crippen LogP contribution is -2.22. The number of para-hydroxylation sites is 1. The Labute approximate surface area is 121 Å². The molecule has 2 rings (SSSR count). The minimum absolute atomic E-state index is 0.372. The van der Waals surface area contributed by atoms with Crippen molar-refractivity contribution >= 4 is 5.69 Å². The molecule has 0 saturated heterocycles. The summed E-state index contributed by atoms with van der Waals surface area (Å²) in [6, 6.07) is 18.9. The molecule has 2 N–H and O–H groups in total. The molecule has 2 aromatic rings. The van der Waals surface area contributed by atoms with Crippen molar-refractivity contribution in [2.45, 2.75) is 38.8 Å². The minimum atomic E-state index is -0.451. The zero-order chi connectivity index (χ0) is 14.4. The number of hydrogen-bond donors (Lipinski definition) is 2. The van der Waals surface area contributed by atoms with Crippen LogP contribution >= 0.6 is 0 Å². The van der Waals surface area contributed by atoms with Crippen LogP contribution in [0.15, 0.2) is 54.6 Å². The first-order chi connectivity index (χ1) is 9.70. The Kier molecular flexibility index (Phi) is 5.19. The molecule has 0 aliphatic heterocycles. The highest BCUT2D eigenvalue weighted by Gasteiger charge is 2.12. The van der Waals surface area contributed by atoms with Crippen LogP contribution in [0.5, 0.6) is 0 Å². The second-order valence-electron chi connectivity index (χ2n) is 5.20. The van der Waals surface area contributed by atoms with Crippen LogP contribution in [0.1, 0.15) is 37.5 Å². The van der Waals surface area contributed by atoms with Crippen LogP contribution < -0.4 is 5.32 Å². The lowest BCUT2D eigenvalue weighted by molar-refractivity contribution is 0.200. The highest BCUT2D eigenvalue weighted by Crippen LogP contribution is 2.24. The van der Waals surface area contributed by atoms with Crippen molar-refractivity contribution in [2.24, 2.45) is 0 Å². The Bertz CT molecular complexity index is 522. The van der Waals surface area contributed by atoms with E-state index < -0.39 is 6.10 Å². The summed E-state index contributed by atoms with van der Waals surface area (Å²) in [5, 5.41) is 13.4. The average molecular weight is 269 g/mol. The molecule has 20 heavy (non-hydrogen) atoms. The maximum Gasteiger partial charge on any atom is 0.0781 e. The monoisotopic (exact) mass is 269 g/mol. The third-order valence-electron chi connectivity index (χ3n) is 3.59. The Hall–Kier alpha value is -1.80. The molecule has 2 atom stereocenters. The van der Waals surface area contributed by atoms with Gasteiger partial charge in [-0.15, -0.1) is 0 Å². The number of anilines is 1. The molecule has 0 spiro atoms. The van der Waals surface area contributed by atoms with Gasteiger partial charge in [-0.3, -0.25) is 0 Å². The molecule has 0 fully saturated rings. The van der Waals surface area contributed by atoms with Gasteiger partial charge in [0, 0.05) is 17.3 Å². The predicted octanol–water partition coefficient (Wildman–Crippen LogP) is 4.17. The summed E-state index contributed by atoms with van der Waals surface area (Å²) in [7, 11) is 0. The summed E-state index contributed by atoms with van der Waals surface area (Å²) in [6.07, 6.45) is 1.59. The Morgan fingerprint density at radius 2 is 1.65 bits per heavy atom. The molecule has 0 bridgehead atoms. The zero-order valence-electron chi connectivity index (χ0n) is 12.2. The molecule has 0 aromatic heterocycles. The Morgan fingerprint density at radius 3 is 2.30 bits per heavy atom. The second-order valence-corrected chi connectivity index (χ2v) is 5.20. The van der Waals surface area contributed by atoms with Gasteiger partial charge in [0.25, 0.3) is 0 Å². The average Bonchev–Trinajstić information content (AvgIpc) is 2.48. The predicted molar refractivity (Wildman–Crippen MR) is 84.9 cm³/mol. The van der Waals surface area contributed by atoms with E-state index in [1.807, 2.05) is 30.3 Å². The number of aliphatic hydroxyl groups is 1. The highest BCUT2D eigenvalue weighted by atomic mass is 16.3. The lowest BCUT2D eigenvalue weighted by atomic mass is 10.0. The zero-order valence-corrected chi connectivity index (χ0v) is 12.2. The number of benzene rings is 2. The molecular weight excluding hydrogens is 246 g/mol. The van der Waals surface area contributed by atoms with Gasteiger partial charge in [0.05, 0.1) is 6.10 Å². The molecule has 0 aliphatic rings. The SMILES string of the molecule is CCC(Cc1ccccc1)Nc1ccccc1C(C)O. The van der Waals surface area contributed by atoms with E-state index in [0.29, 0.717) is 6.04 Å². The standard InChI is InChI=1S/C18H23NO/c1-3-16(13-15-9-5-4-6-10-15)19-18-12-8-7-11-17(18)14(2)20/h4-12,14,16,19-20H,3,13H2,1-2H3. The fourth-order valence-electron chi connectivity index (χ4n) is 2.41. The summed E-state index contributed by atoms with van der Waals surface area (Å²) in [5.74, 6) is 0. The Balaban J connectivity index is 2.11. The Morgan fingerprint density at radius 1 is 1.00 bits per heavy atom. The summed E-state index contributed by atoms with van der Waals surface area (Å²) in [6.45, 7) is 3.99. The van der Waals surface area contributed by atoms with E-state index in [2.05, 4.69) is 36.5 Å². The summed E-state index contributed by atoms with van der Waals surface area (Å²) >= 11 is 0. The van der Waals surface area contributed by atoms with Crippen LogP contribution in [-0.2, 0) is 6.42 Å². The summed E-state index contributed by atoms with van der Waals surface area (Å²) < 4.78 is 0. The first kappa shape index (κ1) is 14.6. The van der Waals surface area contributed by atoms with E-state index in [9.17, 15) is 5.11 Å². The molecule has 2 nitrogen and oxygen atoms in total. The van der Waals surface area contributed by atoms with Gasteiger partial charge in [-0.05, 0) is 31.4 Å². The fraction of sp³-hybridized carbons (Fsp3) is 0.333. The smallest absolute Gasteiger partial charge is 0.0781 e. The van der Waals surface area contributed by atoms with Crippen molar-refractivity contribution in [3.8, 4) is 0 Å². The van der Waals surface area contributed by atoms with Crippen LogP contribution in [0, 0.1) is 0 Å². The van der Waals surface area contributed by atoms with E-state index >= 15 is 0 Å². The third-order valence-corrected chi connectivity index (χ3v) is 3.59. The van der Waals surface area contributed by atoms with Gasteiger partial charge in [-0.2, -0.15) is 0 Å². The minimum Gasteiger partial charge on any atom is -0.389 e. The van der Waals surface area contributed by atoms with Crippen molar-refractivity contribution in [3.63, 3.8) is 0 Å². The van der Waals surface area contributed by atoms with Crippen LogP contribution in [0.2, 0.25) is 0 Å². The molecule has 2 unspecified atom stereocenters. The molecule has 0 saturated carbocycles. The topological polar surface area (TPSA) is 32.3 Å². The number of aliphatic hydroxyl groups excluding tert-OH is 1. The van der Waals surface area contributed by atoms with Crippen LogP contribution in [-0.4, -0.2) is 11.1 Å². The first-order valence-electron chi connectivity index (χ1n) is 7.28. The lowest BCUT2D eigenvalue weighted by Gasteiger charge is -2.21. The van der Waals surface area contributed by atoms with Gasteiger partial charge in [0.15, 0.2) is 0 Å². The normalized spacial score (nSPS) is 13.8. The van der Waals surface area contributed by atoms with E-state index in [0.717, 1.165) is 24.1 Å². The van der Waals surface area contributed by atoms with Crippen molar-refractivity contribution in [1.82, 2.24) is 0 Å². The summed E-state index contributed by atoms with van der Waals surface area (Å²) in [4.78, 5) is 0. The maximum absolute atomic E-state index is 9.84. The molecule has 0 heterocycles. The van der Waals surface area contributed by atoms with E-state index in [1.165, 1.54) is 5.56 Å². The quantitative estimate of drug-likeness (QED) is 0.824. The third kappa shape index (κ3) is 3.84. The van der Waals surface area contributed by atoms with Crippen molar-refractivity contribution in [2.75, 3.05) is 5.32 Å². The molecule has 0 radical (unpaired) electrons. The van der Waals surface area contributed by atoms with Gasteiger partial charge in [0.1, 0.15) is 0 Å². The molecule has 2 aromatic carbocycles. The summed E-state index contributed by atoms with van der Waals surface area (Å²) in [5.41, 5.74) is 3.32. The second kappa shape index (κ2) is 7.11. The van der Waals surface area contributed by atoms with Crippen molar-refractivity contribution in [3.05, 3.63) is 65.7 Å². The van der Waals surface area contributed by atoms with E-state index in [4.69, 9.17) is 0 Å². The molecule has 106 valence electrons. The van der Waals surface area contributed by atoms with Crippen LogP contribution in [0.3, 0.4) is 0 Å². The molecule has 0 aliphatic carbocycles. The van der Waals surface area contributed by atoms with Gasteiger partial charge >= 0.3 is 0 Å². The molecule has 2 heteroatoms. The molecule has 0 amide bonds. The molecular formula is C18H23NO. The van der Waals surface area contributed by atoms with Gasteiger partial charge in [-0.25, -0.2) is 0 Å². The van der Waals surface area contributed by atoms with E-state index in [-0.39, 0.29) is 0 Å². The fourth-order valence-corrected chi connectivity index (χ4v) is 2.41. The number of rotatable bonds is 6. The van der Waals surface area contributed by atoms with Crippen LogP contribution in [0.4, 0.5) is 5.69 Å². The van der Waals surface area contributed by atoms with Crippen LogP contribution in [0.25, 0.3) is 0 Å². The van der Waals surface area contributed by atoms with Gasteiger partial charge in [-0.1, -0.05) is 55.5 Å². The van der Waals surface area contributed by atoms with Crippen molar-refractivity contribution < 1.29 is 5.11 Å². The van der Waals surface area contributed by atoms with Gasteiger partial charge in [0.2, 0.25) is 0 Å². The van der Waals surface area contributed by atoms with E-state index in [1.54, 1.807) is 6.92 Å². The maximum atomic E-state index is 9.84.